The van der Waals surface area contributed by atoms with E-state index in [0.29, 0.717) is 12.6 Å². The molecule has 0 saturated carbocycles. The van der Waals surface area contributed by atoms with E-state index in [1.165, 1.54) is 7.05 Å². The van der Waals surface area contributed by atoms with Crippen molar-refractivity contribution < 1.29 is 22.4 Å². The van der Waals surface area contributed by atoms with Crippen LogP contribution >= 0.6 is 24.0 Å². The number of nitrogens with one attached hydrogen (secondary N) is 3. The topological polar surface area (TPSA) is 65.5 Å². The molecule has 10 heteroatoms. The molecule has 3 N–H and O–H groups in total. The summed E-state index contributed by atoms with van der Waals surface area (Å²) in [5, 5.41) is 8.67. The van der Waals surface area contributed by atoms with Gasteiger partial charge in [0.1, 0.15) is 5.82 Å². The lowest BCUT2D eigenvalue weighted by Gasteiger charge is -2.26. The number of rotatable bonds is 4. The zero-order valence-electron chi connectivity index (χ0n) is 16.0. The van der Waals surface area contributed by atoms with Crippen molar-refractivity contribution in [2.24, 2.45) is 4.99 Å². The lowest BCUT2D eigenvalue weighted by molar-refractivity contribution is -0.138. The van der Waals surface area contributed by atoms with Gasteiger partial charge >= 0.3 is 6.18 Å². The van der Waals surface area contributed by atoms with Crippen LogP contribution < -0.4 is 16.0 Å². The van der Waals surface area contributed by atoms with E-state index in [9.17, 15) is 22.4 Å². The van der Waals surface area contributed by atoms with Crippen molar-refractivity contribution in [3.05, 3.63) is 65.0 Å². The predicted octanol–water partition coefficient (Wildman–Crippen LogP) is 4.25. The van der Waals surface area contributed by atoms with Gasteiger partial charge in [-0.2, -0.15) is 13.2 Å². The quantitative estimate of drug-likeness (QED) is 0.237. The first-order valence-electron chi connectivity index (χ1n) is 8.97. The summed E-state index contributed by atoms with van der Waals surface area (Å²) in [5.74, 6) is -0.863. The minimum absolute atomic E-state index is 0. The molecule has 3 rings (SSSR count). The summed E-state index contributed by atoms with van der Waals surface area (Å²) in [7, 11) is 1.49. The number of hydrogen-bond acceptors (Lipinski definition) is 2. The Kier molecular flexibility index (Phi) is 8.04. The molecule has 162 valence electrons. The Morgan fingerprint density at radius 1 is 1.20 bits per heavy atom. The molecular formula is C20H21F4IN4O. The molecule has 2 aromatic carbocycles. The maximum absolute atomic E-state index is 13.2. The van der Waals surface area contributed by atoms with E-state index >= 15 is 0 Å². The van der Waals surface area contributed by atoms with Gasteiger partial charge in [0.2, 0.25) is 5.91 Å². The van der Waals surface area contributed by atoms with Crippen molar-refractivity contribution in [3.8, 4) is 0 Å². The second-order valence-corrected chi connectivity index (χ2v) is 6.64. The molecule has 0 aromatic heterocycles. The summed E-state index contributed by atoms with van der Waals surface area (Å²) < 4.78 is 52.6. The van der Waals surface area contributed by atoms with Gasteiger partial charge in [-0.05, 0) is 29.3 Å². The highest BCUT2D eigenvalue weighted by Crippen LogP contribution is 2.33. The van der Waals surface area contributed by atoms with Crippen molar-refractivity contribution in [1.82, 2.24) is 10.6 Å². The van der Waals surface area contributed by atoms with Crippen molar-refractivity contribution >= 4 is 41.5 Å². The molecule has 1 unspecified atom stereocenters. The van der Waals surface area contributed by atoms with Crippen LogP contribution in [-0.4, -0.2) is 25.5 Å². The summed E-state index contributed by atoms with van der Waals surface area (Å²) in [4.78, 5) is 15.9. The standard InChI is InChI=1S/C20H20F4N4O.HI/c1-25-19(26-10-12-6-7-14(21)9-16(12)20(22,23)24)27-11-13-8-18(29)28-17-5-3-2-4-15(13)17;/h2-7,9,13H,8,10-11H2,1H3,(H,28,29)(H2,25,26,27);1H. The molecule has 0 bridgehead atoms. The van der Waals surface area contributed by atoms with Crippen molar-refractivity contribution in [2.45, 2.75) is 25.1 Å². The fraction of sp³-hybridized carbons (Fsp3) is 0.300. The zero-order chi connectivity index (χ0) is 21.0. The van der Waals surface area contributed by atoms with Crippen molar-refractivity contribution in [3.63, 3.8) is 0 Å². The normalized spacial score (nSPS) is 16.2. The third-order valence-corrected chi connectivity index (χ3v) is 4.67. The second-order valence-electron chi connectivity index (χ2n) is 6.64. The molecular weight excluding hydrogens is 515 g/mol. The number of guanidine groups is 1. The Morgan fingerprint density at radius 2 is 1.93 bits per heavy atom. The largest absolute Gasteiger partial charge is 0.416 e. The van der Waals surface area contributed by atoms with Gasteiger partial charge < -0.3 is 16.0 Å². The number of para-hydroxylation sites is 1. The molecule has 1 amide bonds. The molecule has 5 nitrogen and oxygen atoms in total. The van der Waals surface area contributed by atoms with E-state index in [2.05, 4.69) is 20.9 Å². The maximum Gasteiger partial charge on any atom is 0.416 e. The molecule has 1 aliphatic heterocycles. The minimum Gasteiger partial charge on any atom is -0.356 e. The molecule has 1 heterocycles. The number of anilines is 1. The summed E-state index contributed by atoms with van der Waals surface area (Å²) in [6.07, 6.45) is -4.37. The number of fused-ring (bicyclic) bond motifs is 1. The zero-order valence-corrected chi connectivity index (χ0v) is 18.3. The Labute approximate surface area is 188 Å². The van der Waals surface area contributed by atoms with Gasteiger partial charge in [-0.3, -0.25) is 9.79 Å². The monoisotopic (exact) mass is 536 g/mol. The van der Waals surface area contributed by atoms with E-state index in [1.54, 1.807) is 0 Å². The first-order chi connectivity index (χ1) is 13.8. The van der Waals surface area contributed by atoms with Gasteiger partial charge in [0.15, 0.2) is 5.96 Å². The fourth-order valence-corrected chi connectivity index (χ4v) is 3.27. The number of hydrogen-bond donors (Lipinski definition) is 3. The van der Waals surface area contributed by atoms with Gasteiger partial charge in [0.25, 0.3) is 0 Å². The number of amides is 1. The molecule has 30 heavy (non-hydrogen) atoms. The van der Waals surface area contributed by atoms with Gasteiger partial charge in [-0.15, -0.1) is 24.0 Å². The molecule has 0 spiro atoms. The summed E-state index contributed by atoms with van der Waals surface area (Å²) in [6.45, 7) is 0.191. The molecule has 1 atom stereocenters. The molecule has 0 radical (unpaired) electrons. The fourth-order valence-electron chi connectivity index (χ4n) is 3.27. The second kappa shape index (κ2) is 10.1. The maximum atomic E-state index is 13.2. The van der Waals surface area contributed by atoms with Gasteiger partial charge in [-0.1, -0.05) is 24.3 Å². The van der Waals surface area contributed by atoms with E-state index in [4.69, 9.17) is 0 Å². The van der Waals surface area contributed by atoms with Gasteiger partial charge in [0.05, 0.1) is 5.56 Å². The molecule has 0 fully saturated rings. The predicted molar refractivity (Wildman–Crippen MR) is 117 cm³/mol. The number of carbonyl (C=O) groups excluding carboxylic acids is 1. The van der Waals surface area contributed by atoms with Crippen LogP contribution in [0.1, 0.15) is 29.0 Å². The van der Waals surface area contributed by atoms with Crippen LogP contribution in [0.15, 0.2) is 47.5 Å². The van der Waals surface area contributed by atoms with Crippen molar-refractivity contribution in [2.75, 3.05) is 18.9 Å². The van der Waals surface area contributed by atoms with Crippen LogP contribution in [0, 0.1) is 5.82 Å². The summed E-state index contributed by atoms with van der Waals surface area (Å²) in [6, 6.07) is 10.0. The number of halogens is 5. The number of carbonyl (C=O) groups is 1. The average molecular weight is 536 g/mol. The highest BCUT2D eigenvalue weighted by Gasteiger charge is 2.33. The molecule has 1 aliphatic rings. The van der Waals surface area contributed by atoms with Crippen LogP contribution in [-0.2, 0) is 17.5 Å². The number of nitrogens with zero attached hydrogens (tertiary/aromatic N) is 1. The third-order valence-electron chi connectivity index (χ3n) is 4.67. The van der Waals surface area contributed by atoms with Crippen LogP contribution in [0.3, 0.4) is 0 Å². The average Bonchev–Trinajstić information content (AvgIpc) is 2.67. The molecule has 2 aromatic rings. The Bertz CT molecular complexity index is 933. The Morgan fingerprint density at radius 3 is 2.63 bits per heavy atom. The first kappa shape index (κ1) is 23.9. The Balaban J connectivity index is 0.00000320. The SMILES string of the molecule is CN=C(NCc1ccc(F)cc1C(F)(F)F)NCC1CC(=O)Nc2ccccc21.I. The number of alkyl halides is 3. The van der Waals surface area contributed by atoms with E-state index in [-0.39, 0.29) is 60.3 Å². The van der Waals surface area contributed by atoms with Crippen molar-refractivity contribution in [1.29, 1.82) is 0 Å². The molecule has 0 saturated heterocycles. The van der Waals surface area contributed by atoms with Crippen LogP contribution in [0.4, 0.5) is 23.2 Å². The highest BCUT2D eigenvalue weighted by atomic mass is 127. The lowest BCUT2D eigenvalue weighted by Crippen LogP contribution is -2.40. The van der Waals surface area contributed by atoms with Gasteiger partial charge in [0, 0.05) is 38.2 Å². The van der Waals surface area contributed by atoms with Crippen LogP contribution in [0.5, 0.6) is 0 Å². The lowest BCUT2D eigenvalue weighted by atomic mass is 9.90. The number of benzene rings is 2. The van der Waals surface area contributed by atoms with E-state index in [1.807, 2.05) is 24.3 Å². The molecule has 0 aliphatic carbocycles. The van der Waals surface area contributed by atoms with Gasteiger partial charge in [-0.25, -0.2) is 4.39 Å². The smallest absolute Gasteiger partial charge is 0.356 e. The van der Waals surface area contributed by atoms with E-state index in [0.717, 1.165) is 23.4 Å². The third kappa shape index (κ3) is 5.83. The highest BCUT2D eigenvalue weighted by molar-refractivity contribution is 14.0. The first-order valence-corrected chi connectivity index (χ1v) is 8.97. The summed E-state index contributed by atoms with van der Waals surface area (Å²) >= 11 is 0. The number of aliphatic imine (C=N–C) groups is 1. The summed E-state index contributed by atoms with van der Waals surface area (Å²) in [5.41, 5.74) is 0.607. The van der Waals surface area contributed by atoms with E-state index < -0.39 is 17.6 Å². The van der Waals surface area contributed by atoms with Crippen LogP contribution in [0.2, 0.25) is 0 Å². The van der Waals surface area contributed by atoms with Crippen LogP contribution in [0.25, 0.3) is 0 Å². The minimum atomic E-state index is -4.66. The Hall–Kier alpha value is -2.37.